The van der Waals surface area contributed by atoms with E-state index in [1.165, 1.54) is 4.57 Å². The highest BCUT2D eigenvalue weighted by atomic mass is 32.1. The van der Waals surface area contributed by atoms with Crippen molar-refractivity contribution in [3.05, 3.63) is 55.6 Å². The van der Waals surface area contributed by atoms with E-state index >= 15 is 0 Å². The second kappa shape index (κ2) is 7.25. The van der Waals surface area contributed by atoms with Crippen molar-refractivity contribution in [1.82, 2.24) is 9.47 Å². The van der Waals surface area contributed by atoms with Gasteiger partial charge in [0.25, 0.3) is 11.8 Å². The fraction of sp³-hybridized carbons (Fsp3) is 0.333. The zero-order valence-corrected chi connectivity index (χ0v) is 15.3. The molecule has 1 aliphatic rings. The largest absolute Gasteiger partial charge is 0.464 e. The molecule has 136 valence electrons. The van der Waals surface area contributed by atoms with Crippen LogP contribution in [0.5, 0.6) is 0 Å². The van der Waals surface area contributed by atoms with Gasteiger partial charge in [-0.25, -0.2) is 0 Å². The predicted octanol–water partition coefficient (Wildman–Crippen LogP) is 1.76. The molecule has 26 heavy (non-hydrogen) atoms. The Hall–Kier alpha value is -2.74. The highest BCUT2D eigenvalue weighted by Gasteiger charge is 2.35. The topological polar surface area (TPSA) is 85.7 Å². The zero-order chi connectivity index (χ0) is 18.8. The van der Waals surface area contributed by atoms with E-state index in [4.69, 9.17) is 4.74 Å². The summed E-state index contributed by atoms with van der Waals surface area (Å²) < 4.78 is 6.64. The fourth-order valence-corrected chi connectivity index (χ4v) is 3.57. The van der Waals surface area contributed by atoms with E-state index in [-0.39, 0.29) is 36.9 Å². The Morgan fingerprint density at radius 1 is 1.08 bits per heavy atom. The van der Waals surface area contributed by atoms with Crippen LogP contribution in [0.2, 0.25) is 0 Å². The summed E-state index contributed by atoms with van der Waals surface area (Å²) in [7, 11) is 0. The van der Waals surface area contributed by atoms with Gasteiger partial charge in [-0.1, -0.05) is 23.0 Å². The summed E-state index contributed by atoms with van der Waals surface area (Å²) in [5.74, 6) is -1.29. The Balaban J connectivity index is 1.51. The third-order valence-electron chi connectivity index (χ3n) is 4.22. The first-order valence-electron chi connectivity index (χ1n) is 8.16. The van der Waals surface area contributed by atoms with Gasteiger partial charge in [0.1, 0.15) is 6.61 Å². The van der Waals surface area contributed by atoms with Crippen LogP contribution in [0.3, 0.4) is 0 Å². The number of aromatic nitrogens is 1. The normalized spacial score (nSPS) is 13.2. The summed E-state index contributed by atoms with van der Waals surface area (Å²) in [6.45, 7) is 3.98. The standard InChI is InChI=1S/C18H18N2O5S/c1-11-3-4-13-14(9-11)17(23)20(16(13)22)6-5-15(21)25-8-7-19-12(2)10-26-18(19)24/h3-4,9-10H,5-8H2,1-2H3. The van der Waals surface area contributed by atoms with Crippen molar-refractivity contribution >= 4 is 29.1 Å². The number of thiazole rings is 1. The minimum atomic E-state index is -0.515. The number of fused-ring (bicyclic) bond motifs is 1. The van der Waals surface area contributed by atoms with Gasteiger partial charge in [-0.3, -0.25) is 28.6 Å². The van der Waals surface area contributed by atoms with E-state index in [9.17, 15) is 19.2 Å². The quantitative estimate of drug-likeness (QED) is 0.568. The molecule has 8 heteroatoms. The van der Waals surface area contributed by atoms with E-state index < -0.39 is 11.9 Å². The van der Waals surface area contributed by atoms with Gasteiger partial charge in [0.05, 0.1) is 24.1 Å². The minimum absolute atomic E-state index is 0.0261. The van der Waals surface area contributed by atoms with Crippen molar-refractivity contribution in [2.45, 2.75) is 26.8 Å². The first-order valence-corrected chi connectivity index (χ1v) is 9.04. The van der Waals surface area contributed by atoms with E-state index in [1.807, 2.05) is 13.8 Å². The molecule has 0 spiro atoms. The predicted molar refractivity (Wildman–Crippen MR) is 95.4 cm³/mol. The number of aryl methyl sites for hydroxylation is 2. The molecular weight excluding hydrogens is 356 g/mol. The number of rotatable bonds is 6. The van der Waals surface area contributed by atoms with E-state index in [0.29, 0.717) is 11.1 Å². The molecular formula is C18H18N2O5S. The number of imide groups is 1. The van der Waals surface area contributed by atoms with Crippen LogP contribution in [0.15, 0.2) is 28.4 Å². The van der Waals surface area contributed by atoms with Crippen LogP contribution >= 0.6 is 11.3 Å². The lowest BCUT2D eigenvalue weighted by Gasteiger charge is -2.13. The summed E-state index contributed by atoms with van der Waals surface area (Å²) in [6, 6.07) is 5.08. The maximum absolute atomic E-state index is 12.3. The highest BCUT2D eigenvalue weighted by Crippen LogP contribution is 2.23. The Labute approximate surface area is 153 Å². The lowest BCUT2D eigenvalue weighted by Crippen LogP contribution is -2.32. The number of benzene rings is 1. The molecule has 0 saturated carbocycles. The summed E-state index contributed by atoms with van der Waals surface area (Å²) in [6.07, 6.45) is -0.0814. The van der Waals surface area contributed by atoms with Crippen molar-refractivity contribution in [2.75, 3.05) is 13.2 Å². The van der Waals surface area contributed by atoms with Gasteiger partial charge < -0.3 is 4.74 Å². The molecule has 0 aliphatic carbocycles. The number of hydrogen-bond donors (Lipinski definition) is 0. The van der Waals surface area contributed by atoms with Crippen molar-refractivity contribution in [3.63, 3.8) is 0 Å². The molecule has 2 amide bonds. The molecule has 0 radical (unpaired) electrons. The first-order chi connectivity index (χ1) is 12.4. The Kier molecular flexibility index (Phi) is 5.03. The Morgan fingerprint density at radius 2 is 1.81 bits per heavy atom. The molecule has 1 aromatic carbocycles. The second-order valence-corrected chi connectivity index (χ2v) is 6.90. The van der Waals surface area contributed by atoms with E-state index in [2.05, 4.69) is 0 Å². The summed E-state index contributed by atoms with van der Waals surface area (Å²) in [5, 5.41) is 1.74. The average molecular weight is 374 g/mol. The fourth-order valence-electron chi connectivity index (χ4n) is 2.81. The van der Waals surface area contributed by atoms with Gasteiger partial charge in [-0.05, 0) is 26.0 Å². The second-order valence-electron chi connectivity index (χ2n) is 6.08. The molecule has 1 aromatic heterocycles. The molecule has 0 fully saturated rings. The molecule has 0 unspecified atom stereocenters. The van der Waals surface area contributed by atoms with E-state index in [0.717, 1.165) is 27.5 Å². The Morgan fingerprint density at radius 3 is 2.50 bits per heavy atom. The summed E-state index contributed by atoms with van der Waals surface area (Å²) in [5.41, 5.74) is 2.44. The van der Waals surface area contributed by atoms with Crippen molar-refractivity contribution in [2.24, 2.45) is 0 Å². The lowest BCUT2D eigenvalue weighted by atomic mass is 10.1. The van der Waals surface area contributed by atoms with Crippen molar-refractivity contribution in [1.29, 1.82) is 0 Å². The highest BCUT2D eigenvalue weighted by molar-refractivity contribution is 7.07. The molecule has 1 aliphatic heterocycles. The summed E-state index contributed by atoms with van der Waals surface area (Å²) in [4.78, 5) is 49.1. The molecule has 7 nitrogen and oxygen atoms in total. The van der Waals surface area contributed by atoms with Gasteiger partial charge >= 0.3 is 10.8 Å². The maximum atomic E-state index is 12.3. The van der Waals surface area contributed by atoms with Crippen LogP contribution in [-0.4, -0.2) is 40.4 Å². The number of carbonyl (C=O) groups is 3. The van der Waals surface area contributed by atoms with Gasteiger partial charge in [-0.15, -0.1) is 0 Å². The third kappa shape index (κ3) is 3.45. The molecule has 2 heterocycles. The van der Waals surface area contributed by atoms with Gasteiger partial charge in [0.2, 0.25) is 0 Å². The smallest absolute Gasteiger partial charge is 0.307 e. The number of nitrogens with zero attached hydrogens (tertiary/aromatic N) is 2. The van der Waals surface area contributed by atoms with Crippen LogP contribution in [0, 0.1) is 13.8 Å². The van der Waals surface area contributed by atoms with Crippen LogP contribution in [0.4, 0.5) is 0 Å². The number of esters is 1. The summed E-state index contributed by atoms with van der Waals surface area (Å²) >= 11 is 1.10. The molecule has 2 aromatic rings. The van der Waals surface area contributed by atoms with Gasteiger partial charge in [-0.2, -0.15) is 0 Å². The SMILES string of the molecule is Cc1ccc2c(c1)C(=O)N(CCC(=O)OCCn1c(C)csc1=O)C2=O. The first kappa shape index (κ1) is 18.1. The van der Waals surface area contributed by atoms with Crippen LogP contribution in [0.25, 0.3) is 0 Å². The van der Waals surface area contributed by atoms with Crippen LogP contribution in [-0.2, 0) is 16.1 Å². The van der Waals surface area contributed by atoms with Crippen LogP contribution in [0.1, 0.15) is 38.4 Å². The van der Waals surface area contributed by atoms with Gasteiger partial charge in [0.15, 0.2) is 0 Å². The zero-order valence-electron chi connectivity index (χ0n) is 14.5. The number of carbonyl (C=O) groups excluding carboxylic acids is 3. The Bertz CT molecular complexity index is 943. The van der Waals surface area contributed by atoms with Crippen molar-refractivity contribution in [3.8, 4) is 0 Å². The number of hydrogen-bond acceptors (Lipinski definition) is 6. The third-order valence-corrected chi connectivity index (χ3v) is 5.10. The maximum Gasteiger partial charge on any atom is 0.307 e. The molecule has 3 rings (SSSR count). The van der Waals surface area contributed by atoms with Gasteiger partial charge in [0, 0.05) is 17.6 Å². The lowest BCUT2D eigenvalue weighted by molar-refractivity contribution is -0.144. The van der Waals surface area contributed by atoms with Crippen LogP contribution < -0.4 is 4.87 Å². The van der Waals surface area contributed by atoms with E-state index in [1.54, 1.807) is 23.6 Å². The minimum Gasteiger partial charge on any atom is -0.464 e. The average Bonchev–Trinajstić information content (AvgIpc) is 3.04. The number of amides is 2. The molecule has 0 saturated heterocycles. The molecule has 0 atom stereocenters. The van der Waals surface area contributed by atoms with Crippen molar-refractivity contribution < 1.29 is 19.1 Å². The molecule has 0 bridgehead atoms. The molecule has 0 N–H and O–H groups in total. The monoisotopic (exact) mass is 374 g/mol. The number of ether oxygens (including phenoxy) is 1.